The van der Waals surface area contributed by atoms with Gasteiger partial charge >= 0.3 is 0 Å². The summed E-state index contributed by atoms with van der Waals surface area (Å²) in [6, 6.07) is 16.3. The van der Waals surface area contributed by atoms with Crippen molar-refractivity contribution >= 4 is 38.4 Å². The van der Waals surface area contributed by atoms with Crippen molar-refractivity contribution in [2.75, 3.05) is 17.1 Å². The fraction of sp³-hybridized carbons (Fsp3) is 0.0455. The van der Waals surface area contributed by atoms with E-state index in [4.69, 9.17) is 0 Å². The van der Waals surface area contributed by atoms with Gasteiger partial charge in [0.2, 0.25) is 0 Å². The van der Waals surface area contributed by atoms with Crippen molar-refractivity contribution in [3.05, 3.63) is 84.1 Å². The van der Waals surface area contributed by atoms with Crippen molar-refractivity contribution in [3.8, 4) is 11.1 Å². The third-order valence-corrected chi connectivity index (χ3v) is 5.79. The summed E-state index contributed by atoms with van der Waals surface area (Å²) in [5.41, 5.74) is 2.27. The van der Waals surface area contributed by atoms with Crippen molar-refractivity contribution in [1.82, 2.24) is 9.71 Å². The number of carbonyl (C=O) groups excluding carboxylic acids is 1. The van der Waals surface area contributed by atoms with E-state index in [1.807, 2.05) is 0 Å². The highest BCUT2D eigenvalue weighted by Crippen LogP contribution is 2.26. The minimum absolute atomic E-state index is 0.213. The number of fused-ring (bicyclic) bond motifs is 1. The first-order chi connectivity index (χ1) is 15.2. The molecule has 0 bridgehead atoms. The highest BCUT2D eigenvalue weighted by atomic mass is 32.2. The molecule has 1 heterocycles. The van der Waals surface area contributed by atoms with E-state index in [1.165, 1.54) is 19.2 Å². The van der Waals surface area contributed by atoms with Crippen LogP contribution in [0.1, 0.15) is 10.5 Å². The van der Waals surface area contributed by atoms with E-state index in [1.54, 1.807) is 48.5 Å². The smallest absolute Gasteiger partial charge is 0.298 e. The largest absolute Gasteiger partial charge is 0.350 e. The minimum atomic E-state index is -3.66. The van der Waals surface area contributed by atoms with Crippen LogP contribution < -0.4 is 14.8 Å². The lowest BCUT2D eigenvalue weighted by Gasteiger charge is -2.08. The molecule has 3 aromatic carbocycles. The maximum Gasteiger partial charge on any atom is 0.298 e. The van der Waals surface area contributed by atoms with Crippen LogP contribution in [0.15, 0.2) is 66.7 Å². The Morgan fingerprint density at radius 3 is 2.50 bits per heavy atom. The molecule has 0 aliphatic carbocycles. The van der Waals surface area contributed by atoms with Crippen LogP contribution in [-0.2, 0) is 10.2 Å². The molecule has 10 heteroatoms. The Kier molecular flexibility index (Phi) is 5.64. The summed E-state index contributed by atoms with van der Waals surface area (Å²) < 4.78 is 55.1. The summed E-state index contributed by atoms with van der Waals surface area (Å²) in [5, 5.41) is 3.45. The van der Waals surface area contributed by atoms with Gasteiger partial charge < -0.3 is 10.3 Å². The Balaban J connectivity index is 1.56. The third kappa shape index (κ3) is 4.61. The second kappa shape index (κ2) is 8.40. The molecule has 0 aliphatic rings. The van der Waals surface area contributed by atoms with E-state index in [0.29, 0.717) is 27.8 Å². The highest BCUT2D eigenvalue weighted by Gasteiger charge is 2.13. The standard InChI is InChI=1S/C22H18F2N4O3S/c1-25-32(30,31)28-17-7-5-14-10-21(27-20(14)12-17)22(29)26-16-4-2-3-13(9-16)18-8-6-15(23)11-19(18)24/h2-12,25,27-28H,1H3,(H,26,29). The Labute approximate surface area is 182 Å². The number of halogens is 2. The average molecular weight is 456 g/mol. The van der Waals surface area contributed by atoms with E-state index >= 15 is 0 Å². The maximum atomic E-state index is 14.1. The molecule has 32 heavy (non-hydrogen) atoms. The lowest BCUT2D eigenvalue weighted by molar-refractivity contribution is 0.102. The molecule has 0 spiro atoms. The molecule has 0 aliphatic heterocycles. The van der Waals surface area contributed by atoms with Crippen LogP contribution in [0.2, 0.25) is 0 Å². The van der Waals surface area contributed by atoms with Gasteiger partial charge in [-0.3, -0.25) is 9.52 Å². The number of hydrogen-bond donors (Lipinski definition) is 4. The number of aromatic nitrogens is 1. The number of benzene rings is 3. The van der Waals surface area contributed by atoms with Crippen LogP contribution in [-0.4, -0.2) is 26.4 Å². The van der Waals surface area contributed by atoms with Gasteiger partial charge in [-0.2, -0.15) is 8.42 Å². The van der Waals surface area contributed by atoms with E-state index in [-0.39, 0.29) is 11.3 Å². The van der Waals surface area contributed by atoms with E-state index in [2.05, 4.69) is 19.7 Å². The van der Waals surface area contributed by atoms with Crippen molar-refractivity contribution in [2.45, 2.75) is 0 Å². The third-order valence-electron chi connectivity index (χ3n) is 4.75. The SMILES string of the molecule is CNS(=O)(=O)Nc1ccc2cc(C(=O)Nc3cccc(-c4ccc(F)cc4F)c3)[nH]c2c1. The minimum Gasteiger partial charge on any atom is -0.350 e. The summed E-state index contributed by atoms with van der Waals surface area (Å²) in [7, 11) is -2.38. The number of amides is 1. The molecule has 1 aromatic heterocycles. The van der Waals surface area contributed by atoms with Crippen molar-refractivity contribution in [1.29, 1.82) is 0 Å². The van der Waals surface area contributed by atoms with Gasteiger partial charge in [-0.1, -0.05) is 18.2 Å². The molecule has 0 unspecified atom stereocenters. The predicted octanol–water partition coefficient (Wildman–Crippen LogP) is 4.24. The van der Waals surface area contributed by atoms with Gasteiger partial charge in [0.15, 0.2) is 0 Å². The van der Waals surface area contributed by atoms with Gasteiger partial charge in [0.25, 0.3) is 16.1 Å². The average Bonchev–Trinajstić information content (AvgIpc) is 3.17. The fourth-order valence-corrected chi connectivity index (χ4v) is 3.74. The normalized spacial score (nSPS) is 11.5. The quantitative estimate of drug-likeness (QED) is 0.349. The number of rotatable bonds is 6. The zero-order valence-electron chi connectivity index (χ0n) is 16.7. The summed E-state index contributed by atoms with van der Waals surface area (Å²) >= 11 is 0. The second-order valence-corrected chi connectivity index (χ2v) is 8.57. The maximum absolute atomic E-state index is 14.1. The summed E-state index contributed by atoms with van der Waals surface area (Å²) in [6.07, 6.45) is 0. The van der Waals surface area contributed by atoms with Crippen LogP contribution in [0.25, 0.3) is 22.0 Å². The van der Waals surface area contributed by atoms with Gasteiger partial charge in [0.1, 0.15) is 17.3 Å². The molecular formula is C22H18F2N4O3S. The molecular weight excluding hydrogens is 438 g/mol. The van der Waals surface area contributed by atoms with E-state index in [0.717, 1.165) is 6.07 Å². The lowest BCUT2D eigenvalue weighted by Crippen LogP contribution is -2.26. The van der Waals surface area contributed by atoms with Crippen LogP contribution in [0.5, 0.6) is 0 Å². The topological polar surface area (TPSA) is 103 Å². The summed E-state index contributed by atoms with van der Waals surface area (Å²) in [6.45, 7) is 0. The Morgan fingerprint density at radius 1 is 0.938 bits per heavy atom. The van der Waals surface area contributed by atoms with Crippen LogP contribution in [0.3, 0.4) is 0 Å². The molecule has 0 saturated heterocycles. The number of hydrogen-bond acceptors (Lipinski definition) is 3. The van der Waals surface area contributed by atoms with Crippen LogP contribution in [0, 0.1) is 11.6 Å². The Bertz CT molecular complexity index is 1430. The highest BCUT2D eigenvalue weighted by molar-refractivity contribution is 7.90. The molecule has 7 nitrogen and oxygen atoms in total. The monoisotopic (exact) mass is 456 g/mol. The van der Waals surface area contributed by atoms with Crippen LogP contribution >= 0.6 is 0 Å². The molecule has 4 rings (SSSR count). The van der Waals surface area contributed by atoms with Gasteiger partial charge in [0.05, 0.1) is 5.69 Å². The fourth-order valence-electron chi connectivity index (χ4n) is 3.21. The molecule has 0 fully saturated rings. The number of nitrogens with one attached hydrogen (secondary N) is 4. The van der Waals surface area contributed by atoms with Gasteiger partial charge in [-0.25, -0.2) is 13.5 Å². The van der Waals surface area contributed by atoms with Gasteiger partial charge in [-0.15, -0.1) is 0 Å². The zero-order valence-corrected chi connectivity index (χ0v) is 17.6. The van der Waals surface area contributed by atoms with E-state index < -0.39 is 27.8 Å². The molecule has 164 valence electrons. The number of H-pyrrole nitrogens is 1. The summed E-state index contributed by atoms with van der Waals surface area (Å²) in [5.74, 6) is -1.81. The molecule has 1 amide bonds. The second-order valence-electron chi connectivity index (χ2n) is 6.95. The predicted molar refractivity (Wildman–Crippen MR) is 120 cm³/mol. The first-order valence-electron chi connectivity index (χ1n) is 9.45. The Hall–Kier alpha value is -3.76. The molecule has 4 aromatic rings. The lowest BCUT2D eigenvalue weighted by atomic mass is 10.0. The van der Waals surface area contributed by atoms with E-state index in [9.17, 15) is 22.0 Å². The van der Waals surface area contributed by atoms with Crippen molar-refractivity contribution in [2.24, 2.45) is 0 Å². The first kappa shape index (κ1) is 21.5. The number of aromatic amines is 1. The molecule has 4 N–H and O–H groups in total. The van der Waals surface area contributed by atoms with Crippen LogP contribution in [0.4, 0.5) is 20.2 Å². The van der Waals surface area contributed by atoms with Crippen molar-refractivity contribution in [3.63, 3.8) is 0 Å². The molecule has 0 saturated carbocycles. The Morgan fingerprint density at radius 2 is 1.75 bits per heavy atom. The zero-order chi connectivity index (χ0) is 22.9. The number of carbonyl (C=O) groups is 1. The first-order valence-corrected chi connectivity index (χ1v) is 10.9. The number of anilines is 2. The summed E-state index contributed by atoms with van der Waals surface area (Å²) in [4.78, 5) is 15.7. The van der Waals surface area contributed by atoms with Crippen molar-refractivity contribution < 1.29 is 22.0 Å². The molecule has 0 atom stereocenters. The van der Waals surface area contributed by atoms with Gasteiger partial charge in [0, 0.05) is 35.3 Å². The van der Waals surface area contributed by atoms with Gasteiger partial charge in [-0.05, 0) is 48.0 Å². The molecule has 0 radical (unpaired) electrons.